The average Bonchev–Trinajstić information content (AvgIpc) is 2.23. The van der Waals surface area contributed by atoms with Crippen molar-refractivity contribution < 1.29 is 4.43 Å². The lowest BCUT2D eigenvalue weighted by Gasteiger charge is -2.29. The third-order valence-corrected chi connectivity index (χ3v) is 5.36. The van der Waals surface area contributed by atoms with Gasteiger partial charge in [0.1, 0.15) is 0 Å². The Morgan fingerprint density at radius 3 is 2.20 bits per heavy atom. The summed E-state index contributed by atoms with van der Waals surface area (Å²) in [6, 6.07) is 1.30. The zero-order valence-corrected chi connectivity index (χ0v) is 12.2. The van der Waals surface area contributed by atoms with Crippen molar-refractivity contribution in [2.24, 2.45) is 17.4 Å². The fraction of sp³-hybridized carbons (Fsp3) is 1.00. The lowest BCUT2D eigenvalue weighted by molar-refractivity contribution is 0.0840. The zero-order valence-electron chi connectivity index (χ0n) is 10.8. The van der Waals surface area contributed by atoms with Crippen LogP contribution in [0.4, 0.5) is 0 Å². The van der Waals surface area contributed by atoms with Crippen LogP contribution in [0.15, 0.2) is 0 Å². The van der Waals surface area contributed by atoms with Crippen LogP contribution in [0.5, 0.6) is 0 Å². The summed E-state index contributed by atoms with van der Waals surface area (Å²) in [5.74, 6) is 0.439. The molecule has 0 aromatic rings. The minimum Gasteiger partial charge on any atom is -0.419 e. The Morgan fingerprint density at radius 1 is 1.33 bits per heavy atom. The molecule has 0 amide bonds. The standard InChI is InChI=1S/C11H28N2OSi/c1-5-11(4,6-2)14-15-8-10(7-12)9(3)13/h9-10H,5-8,12-13,15H2,1-4H3. The van der Waals surface area contributed by atoms with Gasteiger partial charge in [0, 0.05) is 6.04 Å². The second-order valence-corrected chi connectivity index (χ2v) is 5.92. The Morgan fingerprint density at radius 2 is 1.87 bits per heavy atom. The second-order valence-electron chi connectivity index (χ2n) is 4.65. The summed E-state index contributed by atoms with van der Waals surface area (Å²) in [6.45, 7) is 9.28. The molecular formula is C11H28N2OSi. The molecule has 15 heavy (non-hydrogen) atoms. The van der Waals surface area contributed by atoms with Crippen molar-refractivity contribution in [2.75, 3.05) is 6.54 Å². The normalized spacial score (nSPS) is 17.2. The monoisotopic (exact) mass is 232 g/mol. The van der Waals surface area contributed by atoms with Gasteiger partial charge in [-0.05, 0) is 45.2 Å². The van der Waals surface area contributed by atoms with Gasteiger partial charge in [-0.25, -0.2) is 0 Å². The highest BCUT2D eigenvalue weighted by molar-refractivity contribution is 6.27. The van der Waals surface area contributed by atoms with Gasteiger partial charge in [-0.15, -0.1) is 0 Å². The Bertz CT molecular complexity index is 161. The van der Waals surface area contributed by atoms with Crippen LogP contribution in [0, 0.1) is 5.92 Å². The van der Waals surface area contributed by atoms with Gasteiger partial charge < -0.3 is 15.9 Å². The van der Waals surface area contributed by atoms with E-state index in [1.54, 1.807) is 0 Å². The summed E-state index contributed by atoms with van der Waals surface area (Å²) in [4.78, 5) is 0. The van der Waals surface area contributed by atoms with Gasteiger partial charge in [-0.1, -0.05) is 13.8 Å². The minimum atomic E-state index is -0.476. The van der Waals surface area contributed by atoms with Crippen molar-refractivity contribution in [1.29, 1.82) is 0 Å². The van der Waals surface area contributed by atoms with E-state index >= 15 is 0 Å². The molecular weight excluding hydrogens is 204 g/mol. The Balaban J connectivity index is 3.85. The molecule has 0 radical (unpaired) electrons. The first-order chi connectivity index (χ1) is 6.99. The average molecular weight is 232 g/mol. The van der Waals surface area contributed by atoms with Crippen molar-refractivity contribution in [2.45, 2.75) is 58.2 Å². The molecule has 92 valence electrons. The Hall–Kier alpha value is 0.0969. The topological polar surface area (TPSA) is 61.3 Å². The molecule has 0 aliphatic carbocycles. The summed E-state index contributed by atoms with van der Waals surface area (Å²) in [5.41, 5.74) is 11.6. The molecule has 0 aromatic carbocycles. The van der Waals surface area contributed by atoms with Crippen LogP contribution in [-0.4, -0.2) is 28.0 Å². The Kier molecular flexibility index (Phi) is 7.43. The highest BCUT2D eigenvalue weighted by Crippen LogP contribution is 2.19. The van der Waals surface area contributed by atoms with E-state index in [1.807, 2.05) is 6.92 Å². The SMILES string of the molecule is CCC(C)(CC)O[SiH2]CC(CN)C(C)N. The van der Waals surface area contributed by atoms with E-state index in [2.05, 4.69) is 20.8 Å². The van der Waals surface area contributed by atoms with Crippen molar-refractivity contribution in [3.05, 3.63) is 0 Å². The maximum atomic E-state index is 6.04. The van der Waals surface area contributed by atoms with Gasteiger partial charge in [-0.2, -0.15) is 0 Å². The van der Waals surface area contributed by atoms with Gasteiger partial charge in [0.05, 0.1) is 5.60 Å². The molecule has 0 aromatic heterocycles. The predicted molar refractivity (Wildman–Crippen MR) is 69.6 cm³/mol. The quantitative estimate of drug-likeness (QED) is 0.614. The molecule has 0 aliphatic rings. The number of rotatable bonds is 8. The second kappa shape index (κ2) is 7.38. The highest BCUT2D eigenvalue weighted by Gasteiger charge is 2.20. The zero-order chi connectivity index (χ0) is 11.9. The van der Waals surface area contributed by atoms with Crippen molar-refractivity contribution in [3.8, 4) is 0 Å². The van der Waals surface area contributed by atoms with Crippen LogP contribution in [0.2, 0.25) is 6.04 Å². The molecule has 2 atom stereocenters. The van der Waals surface area contributed by atoms with Crippen LogP contribution in [0.25, 0.3) is 0 Å². The van der Waals surface area contributed by atoms with Gasteiger partial charge in [0.15, 0.2) is 9.76 Å². The van der Waals surface area contributed by atoms with E-state index in [0.717, 1.165) is 18.9 Å². The molecule has 0 saturated carbocycles. The smallest absolute Gasteiger partial charge is 0.162 e. The van der Waals surface area contributed by atoms with Gasteiger partial charge in [-0.3, -0.25) is 0 Å². The summed E-state index contributed by atoms with van der Waals surface area (Å²) in [6.07, 6.45) is 2.17. The fourth-order valence-electron chi connectivity index (χ4n) is 1.51. The van der Waals surface area contributed by atoms with E-state index in [1.165, 1.54) is 0 Å². The molecule has 3 nitrogen and oxygen atoms in total. The molecule has 0 fully saturated rings. The maximum absolute atomic E-state index is 6.04. The first-order valence-corrected chi connectivity index (χ1v) is 7.66. The summed E-state index contributed by atoms with van der Waals surface area (Å²) in [5, 5.41) is 0. The molecule has 0 rings (SSSR count). The maximum Gasteiger partial charge on any atom is 0.162 e. The van der Waals surface area contributed by atoms with E-state index in [9.17, 15) is 0 Å². The van der Waals surface area contributed by atoms with Gasteiger partial charge in [0.2, 0.25) is 0 Å². The van der Waals surface area contributed by atoms with E-state index in [0.29, 0.717) is 12.5 Å². The molecule has 0 aliphatic heterocycles. The highest BCUT2D eigenvalue weighted by atomic mass is 28.2. The van der Waals surface area contributed by atoms with Crippen LogP contribution in [0.1, 0.15) is 40.5 Å². The molecule has 2 unspecified atom stereocenters. The van der Waals surface area contributed by atoms with E-state index < -0.39 is 9.76 Å². The molecule has 0 bridgehead atoms. The summed E-state index contributed by atoms with van der Waals surface area (Å²) < 4.78 is 6.04. The number of hydrogen-bond acceptors (Lipinski definition) is 3. The third kappa shape index (κ3) is 5.66. The van der Waals surface area contributed by atoms with Gasteiger partial charge in [0.25, 0.3) is 0 Å². The van der Waals surface area contributed by atoms with Crippen LogP contribution >= 0.6 is 0 Å². The molecule has 0 saturated heterocycles. The Labute approximate surface area is 96.9 Å². The molecule has 0 heterocycles. The van der Waals surface area contributed by atoms with E-state index in [-0.39, 0.29) is 11.6 Å². The summed E-state index contributed by atoms with van der Waals surface area (Å²) >= 11 is 0. The van der Waals surface area contributed by atoms with Crippen molar-refractivity contribution >= 4 is 9.76 Å². The molecule has 4 heteroatoms. The third-order valence-electron chi connectivity index (χ3n) is 3.48. The fourth-order valence-corrected chi connectivity index (χ4v) is 3.59. The van der Waals surface area contributed by atoms with Crippen LogP contribution in [-0.2, 0) is 4.43 Å². The first-order valence-electron chi connectivity index (χ1n) is 6.08. The van der Waals surface area contributed by atoms with Crippen molar-refractivity contribution in [3.63, 3.8) is 0 Å². The molecule has 0 spiro atoms. The minimum absolute atomic E-state index is 0.0865. The van der Waals surface area contributed by atoms with E-state index in [4.69, 9.17) is 15.9 Å². The lowest BCUT2D eigenvalue weighted by Crippen LogP contribution is -2.35. The van der Waals surface area contributed by atoms with Gasteiger partial charge >= 0.3 is 0 Å². The van der Waals surface area contributed by atoms with Crippen LogP contribution < -0.4 is 11.5 Å². The van der Waals surface area contributed by atoms with Crippen molar-refractivity contribution in [1.82, 2.24) is 0 Å². The largest absolute Gasteiger partial charge is 0.419 e. The number of hydrogen-bond donors (Lipinski definition) is 2. The number of nitrogens with two attached hydrogens (primary N) is 2. The first kappa shape index (κ1) is 15.1. The molecule has 4 N–H and O–H groups in total. The summed E-state index contributed by atoms with van der Waals surface area (Å²) in [7, 11) is -0.476. The predicted octanol–water partition coefficient (Wildman–Crippen LogP) is 1.01. The lowest BCUT2D eigenvalue weighted by atomic mass is 10.0. The van der Waals surface area contributed by atoms with Crippen LogP contribution in [0.3, 0.4) is 0 Å².